The predicted molar refractivity (Wildman–Crippen MR) is 70.8 cm³/mol. The number of halogens is 1. The van der Waals surface area contributed by atoms with Gasteiger partial charge in [-0.1, -0.05) is 24.1 Å². The van der Waals surface area contributed by atoms with E-state index in [0.717, 1.165) is 36.9 Å². The normalized spacial score (nSPS) is 24.2. The molecule has 100 valence electrons. The number of hydrogen-bond donors (Lipinski definition) is 2. The predicted octanol–water partition coefficient (Wildman–Crippen LogP) is 2.77. The molecule has 1 aliphatic carbocycles. The van der Waals surface area contributed by atoms with Crippen molar-refractivity contribution in [3.05, 3.63) is 35.1 Å². The van der Waals surface area contributed by atoms with Crippen LogP contribution in [0.5, 0.6) is 0 Å². The molecule has 1 fully saturated rings. The van der Waals surface area contributed by atoms with Gasteiger partial charge in [-0.2, -0.15) is 0 Å². The number of nitrogens with one attached hydrogen (secondary N) is 1. The second-order valence-electron chi connectivity index (χ2n) is 5.41. The highest BCUT2D eigenvalue weighted by Crippen LogP contribution is 2.23. The SMILES string of the molecule is Cc1ccc(F)c(CNCC2CCCC(O)C2)c1. The van der Waals surface area contributed by atoms with Gasteiger partial charge < -0.3 is 10.4 Å². The van der Waals surface area contributed by atoms with Crippen LogP contribution in [0.15, 0.2) is 18.2 Å². The van der Waals surface area contributed by atoms with Gasteiger partial charge in [0.1, 0.15) is 5.82 Å². The molecule has 2 unspecified atom stereocenters. The summed E-state index contributed by atoms with van der Waals surface area (Å²) in [4.78, 5) is 0. The quantitative estimate of drug-likeness (QED) is 0.862. The maximum absolute atomic E-state index is 13.5. The smallest absolute Gasteiger partial charge is 0.127 e. The fourth-order valence-corrected chi connectivity index (χ4v) is 2.70. The highest BCUT2D eigenvalue weighted by Gasteiger charge is 2.19. The zero-order chi connectivity index (χ0) is 13.0. The zero-order valence-electron chi connectivity index (χ0n) is 11.0. The lowest BCUT2D eigenvalue weighted by molar-refractivity contribution is 0.101. The number of benzene rings is 1. The van der Waals surface area contributed by atoms with Crippen LogP contribution in [0.25, 0.3) is 0 Å². The third-order valence-electron chi connectivity index (χ3n) is 3.70. The van der Waals surface area contributed by atoms with Crippen LogP contribution in [-0.4, -0.2) is 17.8 Å². The van der Waals surface area contributed by atoms with Crippen molar-refractivity contribution in [2.45, 2.75) is 45.3 Å². The van der Waals surface area contributed by atoms with Crippen molar-refractivity contribution in [2.24, 2.45) is 5.92 Å². The van der Waals surface area contributed by atoms with E-state index in [-0.39, 0.29) is 11.9 Å². The number of aryl methyl sites for hydroxylation is 1. The van der Waals surface area contributed by atoms with Crippen molar-refractivity contribution in [3.8, 4) is 0 Å². The van der Waals surface area contributed by atoms with Gasteiger partial charge in [0.25, 0.3) is 0 Å². The molecule has 0 heterocycles. The van der Waals surface area contributed by atoms with Gasteiger partial charge in [0, 0.05) is 12.1 Å². The monoisotopic (exact) mass is 251 g/mol. The molecule has 2 N–H and O–H groups in total. The third kappa shape index (κ3) is 3.79. The summed E-state index contributed by atoms with van der Waals surface area (Å²) in [5.74, 6) is 0.387. The molecule has 3 heteroatoms. The van der Waals surface area contributed by atoms with Crippen LogP contribution in [-0.2, 0) is 6.54 Å². The highest BCUT2D eigenvalue weighted by molar-refractivity contribution is 5.23. The van der Waals surface area contributed by atoms with Crippen molar-refractivity contribution in [2.75, 3.05) is 6.54 Å². The first-order valence-electron chi connectivity index (χ1n) is 6.79. The van der Waals surface area contributed by atoms with Crippen molar-refractivity contribution < 1.29 is 9.50 Å². The van der Waals surface area contributed by atoms with E-state index in [1.807, 2.05) is 13.0 Å². The fourth-order valence-electron chi connectivity index (χ4n) is 2.70. The van der Waals surface area contributed by atoms with E-state index in [9.17, 15) is 9.50 Å². The molecule has 0 amide bonds. The summed E-state index contributed by atoms with van der Waals surface area (Å²) < 4.78 is 13.5. The Morgan fingerprint density at radius 3 is 3.00 bits per heavy atom. The van der Waals surface area contributed by atoms with Gasteiger partial charge in [-0.15, -0.1) is 0 Å². The standard InChI is InChI=1S/C15H22FNO/c1-11-5-6-15(16)13(7-11)10-17-9-12-3-2-4-14(18)8-12/h5-7,12,14,17-18H,2-4,8-10H2,1H3. The molecule has 1 saturated carbocycles. The largest absolute Gasteiger partial charge is 0.393 e. The van der Waals surface area contributed by atoms with Crippen LogP contribution in [0.4, 0.5) is 4.39 Å². The van der Waals surface area contributed by atoms with E-state index < -0.39 is 0 Å². The molecule has 2 atom stereocenters. The molecule has 0 aromatic heterocycles. The van der Waals surface area contributed by atoms with Crippen LogP contribution in [0.1, 0.15) is 36.8 Å². The average Bonchev–Trinajstić information content (AvgIpc) is 2.34. The number of rotatable bonds is 4. The minimum atomic E-state index is -0.142. The van der Waals surface area contributed by atoms with Crippen molar-refractivity contribution in [1.29, 1.82) is 0 Å². The summed E-state index contributed by atoms with van der Waals surface area (Å²) in [6.45, 7) is 3.41. The summed E-state index contributed by atoms with van der Waals surface area (Å²) >= 11 is 0. The van der Waals surface area contributed by atoms with E-state index in [4.69, 9.17) is 0 Å². The first-order chi connectivity index (χ1) is 8.65. The van der Waals surface area contributed by atoms with Gasteiger partial charge >= 0.3 is 0 Å². The number of aliphatic hydroxyl groups excluding tert-OH is 1. The van der Waals surface area contributed by atoms with Gasteiger partial charge in [0.05, 0.1) is 6.10 Å². The van der Waals surface area contributed by atoms with Gasteiger partial charge in [-0.3, -0.25) is 0 Å². The highest BCUT2D eigenvalue weighted by atomic mass is 19.1. The lowest BCUT2D eigenvalue weighted by Crippen LogP contribution is -2.29. The van der Waals surface area contributed by atoms with E-state index in [1.54, 1.807) is 6.07 Å². The second-order valence-corrected chi connectivity index (χ2v) is 5.41. The molecule has 18 heavy (non-hydrogen) atoms. The Morgan fingerprint density at radius 1 is 1.39 bits per heavy atom. The van der Waals surface area contributed by atoms with Gasteiger partial charge in [0.2, 0.25) is 0 Å². The first-order valence-corrected chi connectivity index (χ1v) is 6.79. The van der Waals surface area contributed by atoms with Crippen molar-refractivity contribution >= 4 is 0 Å². The average molecular weight is 251 g/mol. The topological polar surface area (TPSA) is 32.3 Å². The lowest BCUT2D eigenvalue weighted by Gasteiger charge is -2.26. The molecule has 1 aromatic carbocycles. The summed E-state index contributed by atoms with van der Waals surface area (Å²) in [6, 6.07) is 5.20. The van der Waals surface area contributed by atoms with Gasteiger partial charge in [-0.25, -0.2) is 4.39 Å². The van der Waals surface area contributed by atoms with Crippen molar-refractivity contribution in [3.63, 3.8) is 0 Å². The van der Waals surface area contributed by atoms with Crippen molar-refractivity contribution in [1.82, 2.24) is 5.32 Å². The summed E-state index contributed by atoms with van der Waals surface area (Å²) in [7, 11) is 0. The lowest BCUT2D eigenvalue weighted by atomic mass is 9.87. The Bertz CT molecular complexity index is 394. The van der Waals surface area contributed by atoms with E-state index in [1.165, 1.54) is 12.5 Å². The van der Waals surface area contributed by atoms with E-state index in [0.29, 0.717) is 12.5 Å². The van der Waals surface area contributed by atoms with Crippen LogP contribution >= 0.6 is 0 Å². The molecule has 1 aromatic rings. The maximum atomic E-state index is 13.5. The second kappa shape index (κ2) is 6.30. The van der Waals surface area contributed by atoms with Crippen LogP contribution < -0.4 is 5.32 Å². The van der Waals surface area contributed by atoms with Crippen LogP contribution in [0.3, 0.4) is 0 Å². The van der Waals surface area contributed by atoms with E-state index in [2.05, 4.69) is 5.32 Å². The Hall–Kier alpha value is -0.930. The fraction of sp³-hybridized carbons (Fsp3) is 0.600. The minimum absolute atomic E-state index is 0.138. The molecule has 0 spiro atoms. The Morgan fingerprint density at radius 2 is 2.22 bits per heavy atom. The Balaban J connectivity index is 1.79. The Labute approximate surface area is 108 Å². The molecule has 0 bridgehead atoms. The molecule has 1 aliphatic rings. The Kier molecular flexibility index (Phi) is 4.72. The number of hydrogen-bond acceptors (Lipinski definition) is 2. The minimum Gasteiger partial charge on any atom is -0.393 e. The molecular formula is C15H22FNO. The van der Waals surface area contributed by atoms with Crippen LogP contribution in [0.2, 0.25) is 0 Å². The maximum Gasteiger partial charge on any atom is 0.127 e. The molecule has 2 nitrogen and oxygen atoms in total. The van der Waals surface area contributed by atoms with E-state index >= 15 is 0 Å². The first kappa shape index (κ1) is 13.5. The summed E-state index contributed by atoms with van der Waals surface area (Å²) in [5.41, 5.74) is 1.81. The molecule has 2 rings (SSSR count). The number of aliphatic hydroxyl groups is 1. The van der Waals surface area contributed by atoms with Crippen LogP contribution in [0, 0.1) is 18.7 Å². The third-order valence-corrected chi connectivity index (χ3v) is 3.70. The van der Waals surface area contributed by atoms with Gasteiger partial charge in [0.15, 0.2) is 0 Å². The molecule has 0 aliphatic heterocycles. The van der Waals surface area contributed by atoms with Gasteiger partial charge in [-0.05, 0) is 44.7 Å². The summed E-state index contributed by atoms with van der Waals surface area (Å²) in [6.07, 6.45) is 3.94. The molecule has 0 saturated heterocycles. The zero-order valence-corrected chi connectivity index (χ0v) is 11.0. The molecular weight excluding hydrogens is 229 g/mol. The summed E-state index contributed by atoms with van der Waals surface area (Å²) in [5, 5.41) is 12.9. The molecule has 0 radical (unpaired) electrons.